The standard InChI is InChI=1S/C23H23FN4O3/c1-14(29)26-18-3-5-19(6-4-18)27-23(31)16-10-22(30)28(13-16)9-8-15-12-25-21-7-2-17(24)11-20(15)21/h2-7,11-12,16,25H,8-10,13H2,1H3,(H,26,29)(H,27,31)/t16-/m0/s1. The van der Waals surface area contributed by atoms with Gasteiger partial charge in [-0.3, -0.25) is 14.4 Å². The highest BCUT2D eigenvalue weighted by atomic mass is 19.1. The van der Waals surface area contributed by atoms with Crippen LogP contribution in [0.4, 0.5) is 15.8 Å². The zero-order valence-corrected chi connectivity index (χ0v) is 17.1. The smallest absolute Gasteiger partial charge is 0.229 e. The molecule has 8 heteroatoms. The monoisotopic (exact) mass is 422 g/mol. The number of amides is 3. The average molecular weight is 422 g/mol. The van der Waals surface area contributed by atoms with E-state index in [1.54, 1.807) is 35.2 Å². The Balaban J connectivity index is 1.33. The van der Waals surface area contributed by atoms with E-state index in [1.807, 2.05) is 6.20 Å². The lowest BCUT2D eigenvalue weighted by Crippen LogP contribution is -2.30. The van der Waals surface area contributed by atoms with Gasteiger partial charge in [0.25, 0.3) is 0 Å². The number of benzene rings is 2. The van der Waals surface area contributed by atoms with Gasteiger partial charge in [-0.25, -0.2) is 4.39 Å². The molecular weight excluding hydrogens is 399 g/mol. The van der Waals surface area contributed by atoms with Gasteiger partial charge in [-0.2, -0.15) is 0 Å². The number of hydrogen-bond donors (Lipinski definition) is 3. The molecule has 2 heterocycles. The Morgan fingerprint density at radius 2 is 1.84 bits per heavy atom. The summed E-state index contributed by atoms with van der Waals surface area (Å²) in [5.41, 5.74) is 3.04. The number of nitrogens with zero attached hydrogens (tertiary/aromatic N) is 1. The number of rotatable bonds is 6. The predicted octanol–water partition coefficient (Wildman–Crippen LogP) is 3.30. The van der Waals surface area contributed by atoms with Crippen LogP contribution in [0.5, 0.6) is 0 Å². The summed E-state index contributed by atoms with van der Waals surface area (Å²) >= 11 is 0. The molecule has 3 N–H and O–H groups in total. The normalized spacial score (nSPS) is 16.0. The number of nitrogens with one attached hydrogen (secondary N) is 3. The molecule has 31 heavy (non-hydrogen) atoms. The maximum Gasteiger partial charge on any atom is 0.229 e. The van der Waals surface area contributed by atoms with Crippen LogP contribution in [0.2, 0.25) is 0 Å². The minimum absolute atomic E-state index is 0.0628. The van der Waals surface area contributed by atoms with Crippen LogP contribution >= 0.6 is 0 Å². The van der Waals surface area contributed by atoms with Gasteiger partial charge >= 0.3 is 0 Å². The molecule has 7 nitrogen and oxygen atoms in total. The molecule has 160 valence electrons. The molecule has 1 aromatic heterocycles. The summed E-state index contributed by atoms with van der Waals surface area (Å²) in [5, 5.41) is 6.30. The van der Waals surface area contributed by atoms with Crippen LogP contribution in [0.25, 0.3) is 10.9 Å². The van der Waals surface area contributed by atoms with E-state index in [0.29, 0.717) is 30.9 Å². The SMILES string of the molecule is CC(=O)Nc1ccc(NC(=O)[C@H]2CC(=O)N(CCc3c[nH]c4ccc(F)cc34)C2)cc1. The second-order valence-corrected chi connectivity index (χ2v) is 7.74. The third kappa shape index (κ3) is 4.74. The fourth-order valence-corrected chi connectivity index (χ4v) is 3.86. The fraction of sp³-hybridized carbons (Fsp3) is 0.261. The van der Waals surface area contributed by atoms with E-state index in [1.165, 1.54) is 19.1 Å². The molecule has 0 saturated carbocycles. The first-order valence-electron chi connectivity index (χ1n) is 10.1. The molecule has 4 rings (SSSR count). The summed E-state index contributed by atoms with van der Waals surface area (Å²) < 4.78 is 13.6. The van der Waals surface area contributed by atoms with E-state index in [2.05, 4.69) is 15.6 Å². The van der Waals surface area contributed by atoms with Crippen LogP contribution in [0.3, 0.4) is 0 Å². The number of aromatic amines is 1. The lowest BCUT2D eigenvalue weighted by Gasteiger charge is -2.16. The summed E-state index contributed by atoms with van der Waals surface area (Å²) in [6.07, 6.45) is 2.58. The van der Waals surface area contributed by atoms with Crippen molar-refractivity contribution < 1.29 is 18.8 Å². The highest BCUT2D eigenvalue weighted by Gasteiger charge is 2.34. The van der Waals surface area contributed by atoms with E-state index in [-0.39, 0.29) is 30.0 Å². The maximum atomic E-state index is 13.6. The van der Waals surface area contributed by atoms with E-state index in [0.717, 1.165) is 16.5 Å². The second kappa shape index (κ2) is 8.59. The second-order valence-electron chi connectivity index (χ2n) is 7.74. The van der Waals surface area contributed by atoms with Crippen LogP contribution in [0.1, 0.15) is 18.9 Å². The number of H-pyrrole nitrogens is 1. The van der Waals surface area contributed by atoms with E-state index in [4.69, 9.17) is 0 Å². The third-order valence-corrected chi connectivity index (χ3v) is 5.44. The van der Waals surface area contributed by atoms with Gasteiger partial charge < -0.3 is 20.5 Å². The summed E-state index contributed by atoms with van der Waals surface area (Å²) in [7, 11) is 0. The summed E-state index contributed by atoms with van der Waals surface area (Å²) in [5.74, 6) is -1.17. The van der Waals surface area contributed by atoms with Gasteiger partial charge in [-0.15, -0.1) is 0 Å². The zero-order chi connectivity index (χ0) is 22.0. The van der Waals surface area contributed by atoms with Crippen molar-refractivity contribution in [1.29, 1.82) is 0 Å². The predicted molar refractivity (Wildman–Crippen MR) is 116 cm³/mol. The molecule has 3 aromatic rings. The van der Waals surface area contributed by atoms with Crippen molar-refractivity contribution in [3.05, 3.63) is 60.0 Å². The maximum absolute atomic E-state index is 13.6. The van der Waals surface area contributed by atoms with Gasteiger partial charge in [0.2, 0.25) is 17.7 Å². The quantitative estimate of drug-likeness (QED) is 0.569. The number of fused-ring (bicyclic) bond motifs is 1. The first-order valence-corrected chi connectivity index (χ1v) is 10.1. The van der Waals surface area contributed by atoms with Crippen LogP contribution < -0.4 is 10.6 Å². The van der Waals surface area contributed by atoms with E-state index < -0.39 is 5.92 Å². The van der Waals surface area contributed by atoms with Gasteiger partial charge in [0.05, 0.1) is 5.92 Å². The highest BCUT2D eigenvalue weighted by molar-refractivity contribution is 5.97. The zero-order valence-electron chi connectivity index (χ0n) is 17.1. The lowest BCUT2D eigenvalue weighted by atomic mass is 10.1. The molecule has 0 unspecified atom stereocenters. The van der Waals surface area contributed by atoms with Crippen molar-refractivity contribution in [3.8, 4) is 0 Å². The van der Waals surface area contributed by atoms with E-state index in [9.17, 15) is 18.8 Å². The summed E-state index contributed by atoms with van der Waals surface area (Å²) in [6.45, 7) is 2.25. The summed E-state index contributed by atoms with van der Waals surface area (Å²) in [6, 6.07) is 11.4. The number of anilines is 2. The number of halogens is 1. The number of carbonyl (C=O) groups is 3. The van der Waals surface area contributed by atoms with E-state index >= 15 is 0 Å². The Bertz CT molecular complexity index is 1140. The third-order valence-electron chi connectivity index (χ3n) is 5.44. The Labute approximate surface area is 178 Å². The van der Waals surface area contributed by atoms with Crippen LogP contribution in [0, 0.1) is 11.7 Å². The number of aromatic nitrogens is 1. The molecule has 1 atom stereocenters. The van der Waals surface area contributed by atoms with Gasteiger partial charge in [0, 0.05) is 54.9 Å². The molecule has 3 amide bonds. The molecule has 1 aliphatic heterocycles. The largest absolute Gasteiger partial charge is 0.361 e. The lowest BCUT2D eigenvalue weighted by molar-refractivity contribution is -0.128. The Kier molecular flexibility index (Phi) is 5.70. The molecule has 0 aliphatic carbocycles. The highest BCUT2D eigenvalue weighted by Crippen LogP contribution is 2.24. The van der Waals surface area contributed by atoms with Gasteiger partial charge in [-0.05, 0) is 54.4 Å². The molecule has 0 radical (unpaired) electrons. The van der Waals surface area contributed by atoms with Crippen LogP contribution in [-0.2, 0) is 20.8 Å². The topological polar surface area (TPSA) is 94.3 Å². The van der Waals surface area contributed by atoms with Crippen LogP contribution in [-0.4, -0.2) is 40.7 Å². The number of carbonyl (C=O) groups excluding carboxylic acids is 3. The first-order chi connectivity index (χ1) is 14.9. The molecule has 1 fully saturated rings. The minimum Gasteiger partial charge on any atom is -0.361 e. The molecule has 0 spiro atoms. The first kappa shape index (κ1) is 20.6. The van der Waals surface area contributed by atoms with Gasteiger partial charge in [-0.1, -0.05) is 0 Å². The molecule has 0 bridgehead atoms. The van der Waals surface area contributed by atoms with Crippen LogP contribution in [0.15, 0.2) is 48.7 Å². The fourth-order valence-electron chi connectivity index (χ4n) is 3.86. The van der Waals surface area contributed by atoms with Crippen molar-refractivity contribution in [2.75, 3.05) is 23.7 Å². The molecule has 1 aliphatic rings. The van der Waals surface area contributed by atoms with Crippen molar-refractivity contribution in [2.45, 2.75) is 19.8 Å². The Hall–Kier alpha value is -3.68. The molecule has 2 aromatic carbocycles. The number of hydrogen-bond acceptors (Lipinski definition) is 3. The van der Waals surface area contributed by atoms with Crippen molar-refractivity contribution in [3.63, 3.8) is 0 Å². The Morgan fingerprint density at radius 1 is 1.13 bits per heavy atom. The minimum atomic E-state index is -0.428. The average Bonchev–Trinajstić information content (AvgIpc) is 3.30. The van der Waals surface area contributed by atoms with Gasteiger partial charge in [0.1, 0.15) is 5.82 Å². The van der Waals surface area contributed by atoms with Crippen molar-refractivity contribution in [1.82, 2.24) is 9.88 Å². The summed E-state index contributed by atoms with van der Waals surface area (Å²) in [4.78, 5) is 40.9. The van der Waals surface area contributed by atoms with Crippen molar-refractivity contribution in [2.24, 2.45) is 5.92 Å². The van der Waals surface area contributed by atoms with Gasteiger partial charge in [0.15, 0.2) is 0 Å². The number of likely N-dealkylation sites (tertiary alicyclic amines) is 1. The Morgan fingerprint density at radius 3 is 2.55 bits per heavy atom. The van der Waals surface area contributed by atoms with Crippen molar-refractivity contribution >= 4 is 40.0 Å². The molecule has 1 saturated heterocycles. The molecular formula is C23H23FN4O3.